The molecule has 2 bridgehead atoms. The van der Waals surface area contributed by atoms with Gasteiger partial charge in [-0.05, 0) is 33.1 Å². The van der Waals surface area contributed by atoms with Crippen LogP contribution < -0.4 is 0 Å². The van der Waals surface area contributed by atoms with E-state index >= 15 is 0 Å². The van der Waals surface area contributed by atoms with E-state index in [4.69, 9.17) is 8.92 Å². The lowest BCUT2D eigenvalue weighted by Crippen LogP contribution is -2.44. The van der Waals surface area contributed by atoms with Gasteiger partial charge < -0.3 is 4.74 Å². The van der Waals surface area contributed by atoms with Crippen molar-refractivity contribution < 1.29 is 22.1 Å². The molecule has 0 spiro atoms. The second-order valence-electron chi connectivity index (χ2n) is 7.38. The van der Waals surface area contributed by atoms with Crippen LogP contribution in [0.25, 0.3) is 0 Å². The number of fused-ring (bicyclic) bond motifs is 1. The molecule has 0 aromatic rings. The van der Waals surface area contributed by atoms with Crippen LogP contribution in [0.3, 0.4) is 0 Å². The summed E-state index contributed by atoms with van der Waals surface area (Å²) in [6.45, 7) is 7.65. The quantitative estimate of drug-likeness (QED) is 0.588. The molecule has 0 aromatic heterocycles. The third-order valence-electron chi connectivity index (χ3n) is 5.54. The van der Waals surface area contributed by atoms with Crippen molar-refractivity contribution >= 4 is 16.1 Å². The Balaban J connectivity index is 1.85. The van der Waals surface area contributed by atoms with E-state index < -0.39 is 33.0 Å². The zero-order chi connectivity index (χ0) is 14.9. The molecule has 0 radical (unpaired) electrons. The third-order valence-corrected chi connectivity index (χ3v) is 7.29. The summed E-state index contributed by atoms with van der Waals surface area (Å²) in [5.74, 6) is -0.268. The summed E-state index contributed by atoms with van der Waals surface area (Å²) >= 11 is 0. The molecule has 20 heavy (non-hydrogen) atoms. The number of carbonyl (C=O) groups excluding carboxylic acids is 1. The Labute approximate surface area is 120 Å². The molecular weight excluding hydrogens is 280 g/mol. The Morgan fingerprint density at radius 1 is 1.40 bits per heavy atom. The van der Waals surface area contributed by atoms with Crippen LogP contribution in [0.2, 0.25) is 0 Å². The van der Waals surface area contributed by atoms with Crippen LogP contribution >= 0.6 is 0 Å². The van der Waals surface area contributed by atoms with E-state index in [2.05, 4.69) is 0 Å². The molecular formula is C14H22O5S. The molecule has 0 aromatic carbocycles. The fraction of sp³-hybridized carbons (Fsp3) is 0.929. The molecule has 0 N–H and O–H groups in total. The highest BCUT2D eigenvalue weighted by atomic mass is 32.2. The van der Waals surface area contributed by atoms with Crippen molar-refractivity contribution in [3.05, 3.63) is 0 Å². The molecule has 3 aliphatic rings. The lowest BCUT2D eigenvalue weighted by molar-refractivity contribution is -0.171. The van der Waals surface area contributed by atoms with Gasteiger partial charge in [-0.15, -0.1) is 0 Å². The molecule has 5 atom stereocenters. The zero-order valence-electron chi connectivity index (χ0n) is 12.4. The minimum absolute atomic E-state index is 0.00691. The van der Waals surface area contributed by atoms with Crippen molar-refractivity contribution in [2.75, 3.05) is 0 Å². The summed E-state index contributed by atoms with van der Waals surface area (Å²) in [6.07, 6.45) is 1.10. The summed E-state index contributed by atoms with van der Waals surface area (Å²) < 4.78 is 34.8. The Bertz CT molecular complexity index is 552. The Morgan fingerprint density at radius 3 is 2.65 bits per heavy atom. The van der Waals surface area contributed by atoms with Crippen molar-refractivity contribution in [1.29, 1.82) is 0 Å². The highest BCUT2D eigenvalue weighted by molar-refractivity contribution is 7.87. The molecule has 3 fully saturated rings. The van der Waals surface area contributed by atoms with Crippen LogP contribution in [-0.4, -0.2) is 31.8 Å². The van der Waals surface area contributed by atoms with Crippen LogP contribution in [-0.2, 0) is 23.8 Å². The smallest absolute Gasteiger partial charge is 0.311 e. The molecule has 2 aliphatic carbocycles. The Morgan fingerprint density at radius 2 is 2.05 bits per heavy atom. The van der Waals surface area contributed by atoms with Gasteiger partial charge in [0.1, 0.15) is 12.2 Å². The maximum absolute atomic E-state index is 12.3. The van der Waals surface area contributed by atoms with Gasteiger partial charge in [0.25, 0.3) is 10.1 Å². The van der Waals surface area contributed by atoms with Crippen molar-refractivity contribution in [3.8, 4) is 0 Å². The first-order chi connectivity index (χ1) is 9.11. The molecule has 0 amide bonds. The van der Waals surface area contributed by atoms with Crippen LogP contribution in [0, 0.1) is 16.7 Å². The van der Waals surface area contributed by atoms with Crippen molar-refractivity contribution in [2.45, 2.75) is 64.4 Å². The molecule has 5 unspecified atom stereocenters. The number of carbonyl (C=O) groups is 1. The maximum Gasteiger partial charge on any atom is 0.311 e. The average molecular weight is 302 g/mol. The van der Waals surface area contributed by atoms with Gasteiger partial charge in [-0.3, -0.25) is 8.98 Å². The highest BCUT2D eigenvalue weighted by Gasteiger charge is 2.70. The maximum atomic E-state index is 12.3. The summed E-state index contributed by atoms with van der Waals surface area (Å²) in [7, 11) is -3.47. The molecule has 3 rings (SSSR count). The van der Waals surface area contributed by atoms with Gasteiger partial charge in [0, 0.05) is 11.3 Å². The van der Waals surface area contributed by atoms with Crippen LogP contribution in [0.1, 0.15) is 47.0 Å². The summed E-state index contributed by atoms with van der Waals surface area (Å²) in [5, 5.41) is -0.397. The van der Waals surface area contributed by atoms with E-state index in [1.807, 2.05) is 27.7 Å². The fourth-order valence-electron chi connectivity index (χ4n) is 3.84. The molecule has 114 valence electrons. The number of rotatable bonds is 3. The van der Waals surface area contributed by atoms with Gasteiger partial charge in [-0.2, -0.15) is 8.42 Å². The van der Waals surface area contributed by atoms with E-state index in [1.54, 1.807) is 0 Å². The number of hydrogen-bond acceptors (Lipinski definition) is 5. The van der Waals surface area contributed by atoms with Gasteiger partial charge in [0.05, 0.1) is 10.7 Å². The second kappa shape index (κ2) is 3.97. The van der Waals surface area contributed by atoms with E-state index in [9.17, 15) is 13.2 Å². The van der Waals surface area contributed by atoms with E-state index in [0.29, 0.717) is 12.8 Å². The molecule has 2 saturated carbocycles. The predicted octanol–water partition coefficient (Wildman–Crippen LogP) is 1.86. The molecule has 5 nitrogen and oxygen atoms in total. The first-order valence-electron chi connectivity index (χ1n) is 7.24. The van der Waals surface area contributed by atoms with Crippen LogP contribution in [0.5, 0.6) is 0 Å². The van der Waals surface area contributed by atoms with Crippen LogP contribution in [0.15, 0.2) is 0 Å². The van der Waals surface area contributed by atoms with Gasteiger partial charge in [-0.1, -0.05) is 13.8 Å². The first-order valence-corrected chi connectivity index (χ1v) is 8.71. The molecule has 1 heterocycles. The summed E-state index contributed by atoms with van der Waals surface area (Å²) in [6, 6.07) is 0. The van der Waals surface area contributed by atoms with Crippen LogP contribution in [0.4, 0.5) is 0 Å². The largest absolute Gasteiger partial charge is 0.459 e. The third kappa shape index (κ3) is 1.77. The van der Waals surface area contributed by atoms with Gasteiger partial charge in [-0.25, -0.2) is 0 Å². The SMILES string of the molecule is CCC(C)(C)C(=O)OC1C2OS(=O)(=O)C3CC1(C)CC23. The summed E-state index contributed by atoms with van der Waals surface area (Å²) in [4.78, 5) is 12.3. The lowest BCUT2D eigenvalue weighted by Gasteiger charge is -2.34. The van der Waals surface area contributed by atoms with Crippen molar-refractivity contribution in [1.82, 2.24) is 0 Å². The summed E-state index contributed by atoms with van der Waals surface area (Å²) in [5.41, 5.74) is -0.807. The van der Waals surface area contributed by atoms with Gasteiger partial charge in [0.15, 0.2) is 0 Å². The van der Waals surface area contributed by atoms with Gasteiger partial charge in [0.2, 0.25) is 0 Å². The molecule has 1 saturated heterocycles. The molecule has 6 heteroatoms. The van der Waals surface area contributed by atoms with E-state index in [1.165, 1.54) is 0 Å². The molecule has 1 aliphatic heterocycles. The normalized spacial score (nSPS) is 44.8. The predicted molar refractivity (Wildman–Crippen MR) is 72.4 cm³/mol. The highest BCUT2D eigenvalue weighted by Crippen LogP contribution is 2.62. The minimum atomic E-state index is -3.47. The minimum Gasteiger partial charge on any atom is -0.459 e. The zero-order valence-corrected chi connectivity index (χ0v) is 13.2. The number of ether oxygens (including phenoxy) is 1. The fourth-order valence-corrected chi connectivity index (χ4v) is 5.80. The van der Waals surface area contributed by atoms with Crippen molar-refractivity contribution in [3.63, 3.8) is 0 Å². The van der Waals surface area contributed by atoms with E-state index in [-0.39, 0.29) is 17.3 Å². The Hall–Kier alpha value is -0.620. The lowest BCUT2D eigenvalue weighted by atomic mass is 9.82. The first kappa shape index (κ1) is 14.3. The second-order valence-corrected chi connectivity index (χ2v) is 9.17. The standard InChI is InChI=1S/C14H22O5S/c1-5-13(2,3)12(15)18-11-10-8-6-14(11,4)7-9(8)20(16,17)19-10/h8-11H,5-7H2,1-4H3. The van der Waals surface area contributed by atoms with Gasteiger partial charge >= 0.3 is 5.97 Å². The van der Waals surface area contributed by atoms with E-state index in [0.717, 1.165) is 6.42 Å². The number of esters is 1. The van der Waals surface area contributed by atoms with Crippen molar-refractivity contribution in [2.24, 2.45) is 16.7 Å². The number of hydrogen-bond donors (Lipinski definition) is 0. The topological polar surface area (TPSA) is 69.7 Å². The average Bonchev–Trinajstić information content (AvgIpc) is 2.88. The Kier molecular flexibility index (Phi) is 2.85. The monoisotopic (exact) mass is 302 g/mol.